The molecule has 1 atom stereocenters. The first-order valence-corrected chi connectivity index (χ1v) is 6.16. The first-order valence-electron chi connectivity index (χ1n) is 6.16. The van der Waals surface area contributed by atoms with E-state index in [0.29, 0.717) is 0 Å². The van der Waals surface area contributed by atoms with E-state index in [1.54, 1.807) is 7.11 Å². The molecule has 0 saturated carbocycles. The minimum absolute atomic E-state index is 0.110. The molecule has 0 N–H and O–H groups in total. The summed E-state index contributed by atoms with van der Waals surface area (Å²) in [7, 11) is 1.60. The van der Waals surface area contributed by atoms with Crippen LogP contribution >= 0.6 is 0 Å². The molecule has 0 aromatic carbocycles. The number of rotatable bonds is 12. The van der Waals surface area contributed by atoms with Crippen LogP contribution in [0.4, 0.5) is 0 Å². The van der Waals surface area contributed by atoms with Crippen LogP contribution in [-0.2, 0) is 14.2 Å². The van der Waals surface area contributed by atoms with Gasteiger partial charge < -0.3 is 14.2 Å². The molecular formula is C13H26O3. The van der Waals surface area contributed by atoms with E-state index >= 15 is 0 Å². The van der Waals surface area contributed by atoms with Gasteiger partial charge in [0.1, 0.15) is 13.6 Å². The topological polar surface area (TPSA) is 27.7 Å². The van der Waals surface area contributed by atoms with E-state index in [9.17, 15) is 0 Å². The fourth-order valence-electron chi connectivity index (χ4n) is 1.47. The van der Waals surface area contributed by atoms with Gasteiger partial charge in [0.2, 0.25) is 0 Å². The molecule has 0 aliphatic heterocycles. The molecule has 0 spiro atoms. The van der Waals surface area contributed by atoms with Gasteiger partial charge in [0, 0.05) is 7.11 Å². The third-order valence-electron chi connectivity index (χ3n) is 2.42. The van der Waals surface area contributed by atoms with Gasteiger partial charge >= 0.3 is 0 Å². The summed E-state index contributed by atoms with van der Waals surface area (Å²) in [6.45, 7) is 6.54. The number of unbranched alkanes of at least 4 members (excludes halogenated alkanes) is 4. The third kappa shape index (κ3) is 10.1. The monoisotopic (exact) mass is 230 g/mol. The Balaban J connectivity index is 3.33. The van der Waals surface area contributed by atoms with E-state index in [-0.39, 0.29) is 19.7 Å². The van der Waals surface area contributed by atoms with Crippen LogP contribution in [0.25, 0.3) is 0 Å². The summed E-state index contributed by atoms with van der Waals surface area (Å²) in [5.41, 5.74) is 0. The summed E-state index contributed by atoms with van der Waals surface area (Å²) in [5.74, 6) is 0. The Morgan fingerprint density at radius 2 is 1.88 bits per heavy atom. The molecular weight excluding hydrogens is 204 g/mol. The van der Waals surface area contributed by atoms with Gasteiger partial charge in [-0.3, -0.25) is 0 Å². The number of hydrogen-bond donors (Lipinski definition) is 0. The van der Waals surface area contributed by atoms with Gasteiger partial charge in [-0.2, -0.15) is 0 Å². The third-order valence-corrected chi connectivity index (χ3v) is 2.42. The van der Waals surface area contributed by atoms with Crippen LogP contribution in [0, 0.1) is 0 Å². The fraction of sp³-hybridized carbons (Fsp3) is 0.846. The SMILES string of the molecule is C=C[C@@H](CCCCCCC)OCOCOC. The van der Waals surface area contributed by atoms with Crippen molar-refractivity contribution < 1.29 is 14.2 Å². The average molecular weight is 230 g/mol. The Hall–Kier alpha value is -0.380. The first kappa shape index (κ1) is 15.6. The smallest absolute Gasteiger partial charge is 0.150 e. The Bertz CT molecular complexity index is 148. The molecule has 0 rings (SSSR count). The highest BCUT2D eigenvalue weighted by Gasteiger charge is 2.03. The van der Waals surface area contributed by atoms with Crippen molar-refractivity contribution in [2.24, 2.45) is 0 Å². The van der Waals surface area contributed by atoms with Gasteiger partial charge in [0.25, 0.3) is 0 Å². The summed E-state index contributed by atoms with van der Waals surface area (Å²) in [4.78, 5) is 0. The van der Waals surface area contributed by atoms with E-state index in [0.717, 1.165) is 6.42 Å². The molecule has 3 nitrogen and oxygen atoms in total. The van der Waals surface area contributed by atoms with Gasteiger partial charge in [0.15, 0.2) is 0 Å². The van der Waals surface area contributed by atoms with Crippen LogP contribution in [0.15, 0.2) is 12.7 Å². The highest BCUT2D eigenvalue weighted by Crippen LogP contribution is 2.10. The number of hydrogen-bond acceptors (Lipinski definition) is 3. The second-order valence-electron chi connectivity index (χ2n) is 3.87. The maximum atomic E-state index is 5.48. The quantitative estimate of drug-likeness (QED) is 0.292. The molecule has 0 heterocycles. The number of methoxy groups -OCH3 is 1. The summed E-state index contributed by atoms with van der Waals surface area (Å²) in [6.07, 6.45) is 9.39. The highest BCUT2D eigenvalue weighted by atomic mass is 16.7. The molecule has 0 saturated heterocycles. The molecule has 96 valence electrons. The van der Waals surface area contributed by atoms with E-state index in [1.807, 2.05) is 6.08 Å². The molecule has 0 radical (unpaired) electrons. The van der Waals surface area contributed by atoms with Crippen molar-refractivity contribution in [2.75, 3.05) is 20.7 Å². The van der Waals surface area contributed by atoms with Crippen LogP contribution in [0.5, 0.6) is 0 Å². The molecule has 0 amide bonds. The summed E-state index contributed by atoms with van der Waals surface area (Å²) < 4.78 is 15.3. The molecule has 3 heteroatoms. The van der Waals surface area contributed by atoms with Crippen molar-refractivity contribution in [3.63, 3.8) is 0 Å². The molecule has 0 aromatic heterocycles. The Morgan fingerprint density at radius 1 is 1.12 bits per heavy atom. The summed E-state index contributed by atoms with van der Waals surface area (Å²) in [6, 6.07) is 0. The average Bonchev–Trinajstić information content (AvgIpc) is 2.31. The predicted molar refractivity (Wildman–Crippen MR) is 66.3 cm³/mol. The van der Waals surface area contributed by atoms with Gasteiger partial charge in [-0.25, -0.2) is 0 Å². The van der Waals surface area contributed by atoms with E-state index < -0.39 is 0 Å². The van der Waals surface area contributed by atoms with Crippen LogP contribution < -0.4 is 0 Å². The zero-order valence-electron chi connectivity index (χ0n) is 10.7. The lowest BCUT2D eigenvalue weighted by Gasteiger charge is -2.13. The van der Waals surface area contributed by atoms with Gasteiger partial charge in [0.05, 0.1) is 6.10 Å². The molecule has 16 heavy (non-hydrogen) atoms. The van der Waals surface area contributed by atoms with Crippen molar-refractivity contribution in [3.8, 4) is 0 Å². The molecule has 0 unspecified atom stereocenters. The molecule has 0 aliphatic rings. The van der Waals surface area contributed by atoms with Crippen molar-refractivity contribution in [1.82, 2.24) is 0 Å². The van der Waals surface area contributed by atoms with Crippen LogP contribution in [0.3, 0.4) is 0 Å². The summed E-state index contributed by atoms with van der Waals surface area (Å²) >= 11 is 0. The number of ether oxygens (including phenoxy) is 3. The van der Waals surface area contributed by atoms with Crippen LogP contribution in [0.2, 0.25) is 0 Å². The normalized spacial score (nSPS) is 12.6. The molecule has 0 aromatic rings. The van der Waals surface area contributed by atoms with Crippen molar-refractivity contribution in [2.45, 2.75) is 51.6 Å². The lowest BCUT2D eigenvalue weighted by Crippen LogP contribution is -2.13. The zero-order valence-corrected chi connectivity index (χ0v) is 10.7. The van der Waals surface area contributed by atoms with Gasteiger partial charge in [-0.05, 0) is 6.42 Å². The Labute approximate surface area is 99.8 Å². The van der Waals surface area contributed by atoms with Crippen LogP contribution in [-0.4, -0.2) is 26.8 Å². The molecule has 0 fully saturated rings. The lowest BCUT2D eigenvalue weighted by atomic mass is 10.1. The lowest BCUT2D eigenvalue weighted by molar-refractivity contribution is -0.133. The minimum Gasteiger partial charge on any atom is -0.359 e. The highest BCUT2D eigenvalue weighted by molar-refractivity contribution is 4.79. The maximum absolute atomic E-state index is 5.48. The minimum atomic E-state index is 0.110. The standard InChI is InChI=1S/C13H26O3/c1-4-6-7-8-9-10-13(5-2)16-12-15-11-14-3/h5,13H,2,4,6-12H2,1,3H3/t13-/m0/s1. The Kier molecular flexibility index (Phi) is 12.4. The second-order valence-corrected chi connectivity index (χ2v) is 3.87. The van der Waals surface area contributed by atoms with Gasteiger partial charge in [-0.1, -0.05) is 45.1 Å². The van der Waals surface area contributed by atoms with E-state index in [1.165, 1.54) is 32.1 Å². The van der Waals surface area contributed by atoms with E-state index in [2.05, 4.69) is 13.5 Å². The maximum Gasteiger partial charge on any atom is 0.150 e. The zero-order chi connectivity index (χ0) is 12.1. The predicted octanol–water partition coefficient (Wildman–Crippen LogP) is 3.50. The Morgan fingerprint density at radius 3 is 2.50 bits per heavy atom. The van der Waals surface area contributed by atoms with Crippen molar-refractivity contribution >= 4 is 0 Å². The molecule has 0 bridgehead atoms. The first-order chi connectivity index (χ1) is 7.85. The van der Waals surface area contributed by atoms with Gasteiger partial charge in [-0.15, -0.1) is 6.58 Å². The summed E-state index contributed by atoms with van der Waals surface area (Å²) in [5, 5.41) is 0. The largest absolute Gasteiger partial charge is 0.359 e. The molecule has 0 aliphatic carbocycles. The fourth-order valence-corrected chi connectivity index (χ4v) is 1.47. The van der Waals surface area contributed by atoms with Crippen molar-refractivity contribution in [3.05, 3.63) is 12.7 Å². The second kappa shape index (κ2) is 12.7. The van der Waals surface area contributed by atoms with Crippen LogP contribution in [0.1, 0.15) is 45.4 Å². The van der Waals surface area contributed by atoms with Crippen molar-refractivity contribution in [1.29, 1.82) is 0 Å². The van der Waals surface area contributed by atoms with E-state index in [4.69, 9.17) is 14.2 Å².